The van der Waals surface area contributed by atoms with Gasteiger partial charge in [0.1, 0.15) is 0 Å². The second-order valence-corrected chi connectivity index (χ2v) is 6.14. The van der Waals surface area contributed by atoms with Gasteiger partial charge in [0.2, 0.25) is 5.91 Å². The van der Waals surface area contributed by atoms with Gasteiger partial charge in [-0.1, -0.05) is 0 Å². The number of carbonyl (C=O) groups excluding carboxylic acids is 1. The number of rotatable bonds is 6. The summed E-state index contributed by atoms with van der Waals surface area (Å²) in [6, 6.07) is 8.39. The van der Waals surface area contributed by atoms with E-state index in [0.29, 0.717) is 12.5 Å². The summed E-state index contributed by atoms with van der Waals surface area (Å²) in [5, 5.41) is 2.87. The zero-order valence-corrected chi connectivity index (χ0v) is 13.2. The molecule has 0 unspecified atom stereocenters. The van der Waals surface area contributed by atoms with Gasteiger partial charge in [-0.3, -0.25) is 4.79 Å². The minimum atomic E-state index is -0.485. The Kier molecular flexibility index (Phi) is 5.57. The molecule has 0 heterocycles. The Bertz CT molecular complexity index is 432. The molecule has 0 aliphatic rings. The average molecular weight is 277 g/mol. The van der Waals surface area contributed by atoms with Crippen molar-refractivity contribution in [2.45, 2.75) is 52.6 Å². The van der Waals surface area contributed by atoms with Crippen LogP contribution in [-0.2, 0) is 4.79 Å². The molecule has 1 rings (SSSR count). The molecule has 4 nitrogen and oxygen atoms in total. The molecule has 0 bridgehead atoms. The number of nitrogens with zero attached hydrogens (tertiary/aromatic N) is 1. The van der Waals surface area contributed by atoms with Gasteiger partial charge in [0.15, 0.2) is 0 Å². The lowest BCUT2D eigenvalue weighted by molar-refractivity contribution is -0.117. The van der Waals surface area contributed by atoms with E-state index < -0.39 is 5.54 Å². The van der Waals surface area contributed by atoms with Gasteiger partial charge >= 0.3 is 0 Å². The summed E-state index contributed by atoms with van der Waals surface area (Å²) < 4.78 is 0. The second kappa shape index (κ2) is 6.75. The molecule has 20 heavy (non-hydrogen) atoms. The van der Waals surface area contributed by atoms with E-state index in [0.717, 1.165) is 12.2 Å². The summed E-state index contributed by atoms with van der Waals surface area (Å²) in [7, 11) is 0. The van der Waals surface area contributed by atoms with Crippen LogP contribution in [0.25, 0.3) is 0 Å². The molecule has 0 aliphatic heterocycles. The molecule has 4 heteroatoms. The lowest BCUT2D eigenvalue weighted by Crippen LogP contribution is -2.36. The Morgan fingerprint density at radius 2 is 1.85 bits per heavy atom. The number of amides is 1. The molecule has 1 aromatic carbocycles. The molecule has 0 saturated carbocycles. The average Bonchev–Trinajstić information content (AvgIpc) is 2.29. The van der Waals surface area contributed by atoms with E-state index in [1.807, 2.05) is 38.1 Å². The van der Waals surface area contributed by atoms with Gasteiger partial charge < -0.3 is 16.0 Å². The Balaban J connectivity index is 2.70. The van der Waals surface area contributed by atoms with Crippen molar-refractivity contribution < 1.29 is 4.79 Å². The van der Waals surface area contributed by atoms with Crippen molar-refractivity contribution in [2.24, 2.45) is 5.73 Å². The van der Waals surface area contributed by atoms with Crippen LogP contribution in [0.3, 0.4) is 0 Å². The summed E-state index contributed by atoms with van der Waals surface area (Å²) in [6.45, 7) is 11.1. The number of nitrogens with one attached hydrogen (secondary N) is 1. The Labute approximate surface area is 122 Å². The fourth-order valence-corrected chi connectivity index (χ4v) is 2.20. The Morgan fingerprint density at radius 1 is 1.30 bits per heavy atom. The van der Waals surface area contributed by atoms with Gasteiger partial charge in [0.25, 0.3) is 0 Å². The van der Waals surface area contributed by atoms with Crippen molar-refractivity contribution >= 4 is 17.3 Å². The maximum Gasteiger partial charge on any atom is 0.226 e. The van der Waals surface area contributed by atoms with Crippen LogP contribution < -0.4 is 16.0 Å². The third-order valence-electron chi connectivity index (χ3n) is 3.06. The minimum Gasteiger partial charge on any atom is -0.369 e. The fraction of sp³-hybridized carbons (Fsp3) is 0.562. The van der Waals surface area contributed by atoms with Gasteiger partial charge in [0, 0.05) is 35.9 Å². The number of nitrogens with two attached hydrogens (primary N) is 1. The third-order valence-corrected chi connectivity index (χ3v) is 3.06. The third kappa shape index (κ3) is 5.21. The van der Waals surface area contributed by atoms with Gasteiger partial charge in [-0.15, -0.1) is 0 Å². The van der Waals surface area contributed by atoms with Crippen LogP contribution in [0.2, 0.25) is 0 Å². The lowest BCUT2D eigenvalue weighted by atomic mass is 10.0. The first kappa shape index (κ1) is 16.5. The van der Waals surface area contributed by atoms with Crippen LogP contribution >= 0.6 is 0 Å². The van der Waals surface area contributed by atoms with Crippen LogP contribution in [0.15, 0.2) is 24.3 Å². The summed E-state index contributed by atoms with van der Waals surface area (Å²) in [4.78, 5) is 14.1. The smallest absolute Gasteiger partial charge is 0.226 e. The monoisotopic (exact) mass is 277 g/mol. The molecule has 0 fully saturated rings. The van der Waals surface area contributed by atoms with Gasteiger partial charge in [0.05, 0.1) is 0 Å². The standard InChI is InChI=1S/C16H27N3O/c1-6-19(12(2)3)14-9-7-13(8-10-14)18-15(20)11-16(4,5)17/h7-10,12H,6,11,17H2,1-5H3,(H,18,20). The van der Waals surface area contributed by atoms with Crippen molar-refractivity contribution in [1.82, 2.24) is 0 Å². The number of benzene rings is 1. The van der Waals surface area contributed by atoms with E-state index in [9.17, 15) is 4.79 Å². The van der Waals surface area contributed by atoms with E-state index in [1.54, 1.807) is 0 Å². The van der Waals surface area contributed by atoms with Gasteiger partial charge in [-0.2, -0.15) is 0 Å². The van der Waals surface area contributed by atoms with Crippen LogP contribution in [0, 0.1) is 0 Å². The van der Waals surface area contributed by atoms with Crippen LogP contribution in [-0.4, -0.2) is 24.0 Å². The fourth-order valence-electron chi connectivity index (χ4n) is 2.20. The molecular formula is C16H27N3O. The van der Waals surface area contributed by atoms with E-state index >= 15 is 0 Å². The number of anilines is 2. The highest BCUT2D eigenvalue weighted by Crippen LogP contribution is 2.20. The zero-order valence-electron chi connectivity index (χ0n) is 13.2. The van der Waals surface area contributed by atoms with Crippen LogP contribution in [0.1, 0.15) is 41.0 Å². The Morgan fingerprint density at radius 3 is 2.25 bits per heavy atom. The second-order valence-electron chi connectivity index (χ2n) is 6.14. The predicted molar refractivity (Wildman–Crippen MR) is 86.1 cm³/mol. The maximum absolute atomic E-state index is 11.8. The molecule has 0 spiro atoms. The van der Waals surface area contributed by atoms with Gasteiger partial charge in [-0.05, 0) is 58.9 Å². The topological polar surface area (TPSA) is 58.4 Å². The Hall–Kier alpha value is -1.55. The van der Waals surface area contributed by atoms with Crippen molar-refractivity contribution in [3.8, 4) is 0 Å². The van der Waals surface area contributed by atoms with E-state index in [2.05, 4.69) is 31.0 Å². The highest BCUT2D eigenvalue weighted by Gasteiger charge is 2.16. The van der Waals surface area contributed by atoms with Crippen molar-refractivity contribution in [2.75, 3.05) is 16.8 Å². The molecule has 1 amide bonds. The predicted octanol–water partition coefficient (Wildman–Crippen LogP) is 2.99. The highest BCUT2D eigenvalue weighted by molar-refractivity contribution is 5.91. The zero-order chi connectivity index (χ0) is 15.3. The quantitative estimate of drug-likeness (QED) is 0.840. The number of hydrogen-bond donors (Lipinski definition) is 2. The highest BCUT2D eigenvalue weighted by atomic mass is 16.1. The van der Waals surface area contributed by atoms with Gasteiger partial charge in [-0.25, -0.2) is 0 Å². The SMILES string of the molecule is CCN(c1ccc(NC(=O)CC(C)(C)N)cc1)C(C)C. The summed E-state index contributed by atoms with van der Waals surface area (Å²) in [5.41, 5.74) is 7.33. The molecule has 1 aromatic rings. The first-order valence-electron chi connectivity index (χ1n) is 7.18. The minimum absolute atomic E-state index is 0.0542. The molecule has 3 N–H and O–H groups in total. The molecular weight excluding hydrogens is 250 g/mol. The molecule has 0 radical (unpaired) electrons. The molecule has 0 aliphatic carbocycles. The molecule has 112 valence electrons. The first-order valence-corrected chi connectivity index (χ1v) is 7.18. The molecule has 0 saturated heterocycles. The summed E-state index contributed by atoms with van der Waals surface area (Å²) in [6.07, 6.45) is 0.307. The van der Waals surface area contributed by atoms with Crippen LogP contribution in [0.4, 0.5) is 11.4 Å². The van der Waals surface area contributed by atoms with Crippen molar-refractivity contribution in [3.05, 3.63) is 24.3 Å². The van der Waals surface area contributed by atoms with Crippen LogP contribution in [0.5, 0.6) is 0 Å². The lowest BCUT2D eigenvalue weighted by Gasteiger charge is -2.27. The normalized spacial score (nSPS) is 11.6. The summed E-state index contributed by atoms with van der Waals surface area (Å²) in [5.74, 6) is -0.0542. The molecule has 0 aromatic heterocycles. The van der Waals surface area contributed by atoms with E-state index in [4.69, 9.17) is 5.73 Å². The molecule has 0 atom stereocenters. The first-order chi connectivity index (χ1) is 9.23. The maximum atomic E-state index is 11.8. The largest absolute Gasteiger partial charge is 0.369 e. The summed E-state index contributed by atoms with van der Waals surface area (Å²) >= 11 is 0. The van der Waals surface area contributed by atoms with Crippen molar-refractivity contribution in [3.63, 3.8) is 0 Å². The van der Waals surface area contributed by atoms with E-state index in [-0.39, 0.29) is 5.91 Å². The number of carbonyl (C=O) groups is 1. The van der Waals surface area contributed by atoms with E-state index in [1.165, 1.54) is 5.69 Å². The number of hydrogen-bond acceptors (Lipinski definition) is 3. The van der Waals surface area contributed by atoms with Crippen molar-refractivity contribution in [1.29, 1.82) is 0 Å².